The smallest absolute Gasteiger partial charge is 0.242 e. The van der Waals surface area contributed by atoms with Crippen molar-refractivity contribution in [1.82, 2.24) is 15.1 Å². The molecule has 1 amide bonds. The number of sulfone groups is 1. The fourth-order valence-corrected chi connectivity index (χ4v) is 5.60. The van der Waals surface area contributed by atoms with Gasteiger partial charge in [0.2, 0.25) is 5.91 Å². The van der Waals surface area contributed by atoms with Crippen LogP contribution in [0.15, 0.2) is 46.9 Å². The Morgan fingerprint density at radius 1 is 1.00 bits per heavy atom. The first-order valence-electron chi connectivity index (χ1n) is 11.1. The summed E-state index contributed by atoms with van der Waals surface area (Å²) in [7, 11) is -3.04. The van der Waals surface area contributed by atoms with Crippen molar-refractivity contribution in [2.75, 3.05) is 57.4 Å². The highest BCUT2D eigenvalue weighted by Crippen LogP contribution is 2.26. The molecule has 2 atom stereocenters. The van der Waals surface area contributed by atoms with Crippen LogP contribution in [0.25, 0.3) is 0 Å². The number of ether oxygens (including phenoxy) is 1. The summed E-state index contributed by atoms with van der Waals surface area (Å²) in [5, 5.41) is 3.13. The van der Waals surface area contributed by atoms with E-state index in [0.29, 0.717) is 32.8 Å². The van der Waals surface area contributed by atoms with Crippen LogP contribution in [0.4, 0.5) is 0 Å². The van der Waals surface area contributed by atoms with Gasteiger partial charge in [-0.2, -0.15) is 0 Å². The quantitative estimate of drug-likeness (QED) is 0.669. The van der Waals surface area contributed by atoms with Gasteiger partial charge in [-0.1, -0.05) is 30.3 Å². The number of carbonyl (C=O) groups excluding carboxylic acids is 1. The van der Waals surface area contributed by atoms with Crippen molar-refractivity contribution >= 4 is 15.7 Å². The normalized spacial score (nSPS) is 21.7. The van der Waals surface area contributed by atoms with E-state index in [1.54, 1.807) is 0 Å². The summed E-state index contributed by atoms with van der Waals surface area (Å²) in [4.78, 5) is 17.7. The van der Waals surface area contributed by atoms with Crippen LogP contribution >= 0.6 is 0 Å². The summed E-state index contributed by atoms with van der Waals surface area (Å²) < 4.78 is 35.2. The van der Waals surface area contributed by atoms with Crippen LogP contribution < -0.4 is 5.32 Å². The minimum Gasteiger partial charge on any atom is -0.465 e. The molecule has 2 saturated heterocycles. The first kappa shape index (κ1) is 23.0. The zero-order valence-corrected chi connectivity index (χ0v) is 19.2. The number of hydrogen-bond acceptors (Lipinski definition) is 7. The van der Waals surface area contributed by atoms with Gasteiger partial charge in [-0.05, 0) is 24.6 Å². The molecule has 2 fully saturated rings. The van der Waals surface area contributed by atoms with E-state index in [1.807, 2.05) is 54.3 Å². The number of furan rings is 1. The molecule has 174 valence electrons. The summed E-state index contributed by atoms with van der Waals surface area (Å²) in [6, 6.07) is 12.8. The zero-order chi connectivity index (χ0) is 22.6. The SMILES string of the molecule is Cc1ccc(C(CNC(=O)C(c2ccccc2)N2CCS(=O)(=O)CC2)N2CCOCC2)o1. The van der Waals surface area contributed by atoms with Crippen molar-refractivity contribution in [3.8, 4) is 0 Å². The summed E-state index contributed by atoms with van der Waals surface area (Å²) in [6.45, 7) is 5.85. The van der Waals surface area contributed by atoms with Crippen molar-refractivity contribution in [3.63, 3.8) is 0 Å². The van der Waals surface area contributed by atoms with Gasteiger partial charge in [0.25, 0.3) is 0 Å². The van der Waals surface area contributed by atoms with E-state index >= 15 is 0 Å². The van der Waals surface area contributed by atoms with Crippen LogP contribution in [0.3, 0.4) is 0 Å². The monoisotopic (exact) mass is 461 g/mol. The Morgan fingerprint density at radius 3 is 2.31 bits per heavy atom. The third kappa shape index (κ3) is 5.58. The number of nitrogens with zero attached hydrogens (tertiary/aromatic N) is 2. The lowest BCUT2D eigenvalue weighted by molar-refractivity contribution is -0.127. The number of aryl methyl sites for hydroxylation is 1. The van der Waals surface area contributed by atoms with Crippen LogP contribution in [-0.4, -0.2) is 81.6 Å². The summed E-state index contributed by atoms with van der Waals surface area (Å²) in [5.41, 5.74) is 0.862. The molecule has 8 nitrogen and oxygen atoms in total. The Balaban J connectivity index is 1.51. The number of hydrogen-bond donors (Lipinski definition) is 1. The van der Waals surface area contributed by atoms with E-state index < -0.39 is 15.9 Å². The van der Waals surface area contributed by atoms with Crippen LogP contribution in [-0.2, 0) is 19.4 Å². The molecule has 0 bridgehead atoms. The van der Waals surface area contributed by atoms with Gasteiger partial charge in [0, 0.05) is 32.7 Å². The average molecular weight is 462 g/mol. The van der Waals surface area contributed by atoms with Gasteiger partial charge >= 0.3 is 0 Å². The number of morpholine rings is 1. The maximum atomic E-state index is 13.5. The average Bonchev–Trinajstić information content (AvgIpc) is 3.22. The molecule has 0 aliphatic carbocycles. The third-order valence-electron chi connectivity index (χ3n) is 6.15. The molecule has 2 aliphatic heterocycles. The number of rotatable bonds is 7. The van der Waals surface area contributed by atoms with Crippen LogP contribution in [0.5, 0.6) is 0 Å². The molecule has 3 heterocycles. The lowest BCUT2D eigenvalue weighted by Gasteiger charge is -2.36. The maximum Gasteiger partial charge on any atom is 0.242 e. The number of benzene rings is 1. The van der Waals surface area contributed by atoms with Crippen molar-refractivity contribution in [1.29, 1.82) is 0 Å². The van der Waals surface area contributed by atoms with E-state index in [2.05, 4.69) is 10.2 Å². The van der Waals surface area contributed by atoms with Gasteiger partial charge in [-0.25, -0.2) is 8.42 Å². The fourth-order valence-electron chi connectivity index (χ4n) is 4.37. The second-order valence-electron chi connectivity index (χ2n) is 8.36. The van der Waals surface area contributed by atoms with Crippen LogP contribution in [0.1, 0.15) is 29.2 Å². The molecule has 2 aliphatic rings. The van der Waals surface area contributed by atoms with Crippen molar-refractivity contribution < 1.29 is 22.4 Å². The van der Waals surface area contributed by atoms with E-state index in [9.17, 15) is 13.2 Å². The minimum absolute atomic E-state index is 0.0751. The molecule has 0 spiro atoms. The Morgan fingerprint density at radius 2 is 1.69 bits per heavy atom. The predicted octanol–water partition coefficient (Wildman–Crippen LogP) is 1.55. The fraction of sp³-hybridized carbons (Fsp3) is 0.522. The lowest BCUT2D eigenvalue weighted by atomic mass is 10.0. The molecule has 32 heavy (non-hydrogen) atoms. The Kier molecular flexibility index (Phi) is 7.30. The second kappa shape index (κ2) is 10.2. The van der Waals surface area contributed by atoms with Crippen molar-refractivity contribution in [2.45, 2.75) is 19.0 Å². The Hall–Kier alpha value is -2.20. The summed E-state index contributed by atoms with van der Waals surface area (Å²) >= 11 is 0. The zero-order valence-electron chi connectivity index (χ0n) is 18.4. The van der Waals surface area contributed by atoms with Gasteiger partial charge in [-0.15, -0.1) is 0 Å². The van der Waals surface area contributed by atoms with Crippen LogP contribution in [0, 0.1) is 6.92 Å². The first-order chi connectivity index (χ1) is 15.4. The van der Waals surface area contributed by atoms with E-state index in [4.69, 9.17) is 9.15 Å². The molecule has 2 aromatic rings. The molecule has 0 saturated carbocycles. The van der Waals surface area contributed by atoms with E-state index in [1.165, 1.54) is 0 Å². The highest BCUT2D eigenvalue weighted by atomic mass is 32.2. The second-order valence-corrected chi connectivity index (χ2v) is 10.7. The molecule has 1 N–H and O–H groups in total. The number of carbonyl (C=O) groups is 1. The standard InChI is InChI=1S/C23H31N3O5S/c1-18-7-8-21(31-18)20(25-9-13-30-14-10-25)17-24-23(27)22(19-5-3-2-4-6-19)26-11-15-32(28,29)16-12-26/h2-8,20,22H,9-17H2,1H3,(H,24,27). The molecular formula is C23H31N3O5S. The van der Waals surface area contributed by atoms with Gasteiger partial charge in [0.05, 0.1) is 30.8 Å². The molecule has 9 heteroatoms. The van der Waals surface area contributed by atoms with E-state index in [0.717, 1.165) is 30.2 Å². The Labute approximate surface area is 189 Å². The third-order valence-corrected chi connectivity index (χ3v) is 7.76. The highest BCUT2D eigenvalue weighted by molar-refractivity contribution is 7.91. The van der Waals surface area contributed by atoms with Gasteiger partial charge < -0.3 is 14.5 Å². The molecule has 0 radical (unpaired) electrons. The summed E-state index contributed by atoms with van der Waals surface area (Å²) in [5.74, 6) is 1.68. The predicted molar refractivity (Wildman–Crippen MR) is 121 cm³/mol. The van der Waals surface area contributed by atoms with Gasteiger partial charge in [0.1, 0.15) is 17.6 Å². The van der Waals surface area contributed by atoms with Gasteiger partial charge in [-0.3, -0.25) is 14.6 Å². The molecular weight excluding hydrogens is 430 g/mol. The van der Waals surface area contributed by atoms with E-state index in [-0.39, 0.29) is 23.5 Å². The minimum atomic E-state index is -3.04. The maximum absolute atomic E-state index is 13.5. The van der Waals surface area contributed by atoms with Crippen molar-refractivity contribution in [2.24, 2.45) is 0 Å². The number of nitrogens with one attached hydrogen (secondary N) is 1. The molecule has 1 aromatic heterocycles. The summed E-state index contributed by atoms with van der Waals surface area (Å²) in [6.07, 6.45) is 0. The molecule has 2 unspecified atom stereocenters. The topological polar surface area (TPSA) is 92.1 Å². The molecule has 1 aromatic carbocycles. The largest absolute Gasteiger partial charge is 0.465 e. The Bertz CT molecular complexity index is 988. The molecule has 4 rings (SSSR count). The first-order valence-corrected chi connectivity index (χ1v) is 12.9. The van der Waals surface area contributed by atoms with Gasteiger partial charge in [0.15, 0.2) is 9.84 Å². The van der Waals surface area contributed by atoms with Crippen LogP contribution in [0.2, 0.25) is 0 Å². The van der Waals surface area contributed by atoms with Crippen molar-refractivity contribution in [3.05, 3.63) is 59.5 Å². The lowest BCUT2D eigenvalue weighted by Crippen LogP contribution is -2.49. The number of amides is 1. The highest BCUT2D eigenvalue weighted by Gasteiger charge is 2.33.